The van der Waals surface area contributed by atoms with E-state index in [0.717, 1.165) is 44.9 Å². The molecule has 104 valence electrons. The van der Waals surface area contributed by atoms with Gasteiger partial charge in [0.2, 0.25) is 0 Å². The first-order valence-electron chi connectivity index (χ1n) is 7.37. The number of benzene rings is 1. The van der Waals surface area contributed by atoms with Gasteiger partial charge < -0.3 is 10.6 Å². The average molecular weight is 259 g/mol. The first-order valence-corrected chi connectivity index (χ1v) is 7.37. The smallest absolute Gasteiger partial charge is 0.191 e. The van der Waals surface area contributed by atoms with Crippen molar-refractivity contribution in [2.24, 2.45) is 4.99 Å². The van der Waals surface area contributed by atoms with Crippen molar-refractivity contribution in [2.45, 2.75) is 39.0 Å². The lowest BCUT2D eigenvalue weighted by molar-refractivity contribution is 0.685. The lowest BCUT2D eigenvalue weighted by Gasteiger charge is -2.15. The molecule has 0 amide bonds. The Hall–Kier alpha value is -1.51. The number of hydrogen-bond acceptors (Lipinski definition) is 3. The zero-order valence-corrected chi connectivity index (χ0v) is 12.1. The van der Waals surface area contributed by atoms with Crippen molar-refractivity contribution in [3.05, 3.63) is 35.4 Å². The Labute approximate surface area is 116 Å². The molecule has 1 aliphatic heterocycles. The van der Waals surface area contributed by atoms with Crippen LogP contribution in [0.5, 0.6) is 0 Å². The van der Waals surface area contributed by atoms with Gasteiger partial charge in [-0.2, -0.15) is 0 Å². The molecule has 0 aliphatic carbocycles. The Bertz CT molecular complexity index is 407. The highest BCUT2D eigenvalue weighted by molar-refractivity contribution is 5.80. The summed E-state index contributed by atoms with van der Waals surface area (Å²) in [6, 6.07) is 9.01. The van der Waals surface area contributed by atoms with Crippen molar-refractivity contribution in [1.29, 1.82) is 0 Å². The summed E-state index contributed by atoms with van der Waals surface area (Å²) in [5.74, 6) is 1.59. The van der Waals surface area contributed by atoms with Crippen LogP contribution in [-0.2, 0) is 6.42 Å². The molecule has 1 heterocycles. The second-order valence-corrected chi connectivity index (χ2v) is 5.44. The van der Waals surface area contributed by atoms with Crippen LogP contribution in [0.2, 0.25) is 0 Å². The van der Waals surface area contributed by atoms with Gasteiger partial charge >= 0.3 is 0 Å². The number of rotatable bonds is 5. The third kappa shape index (κ3) is 4.58. The number of nitrogens with zero attached hydrogens (tertiary/aromatic N) is 1. The van der Waals surface area contributed by atoms with Gasteiger partial charge in [-0.15, -0.1) is 0 Å². The minimum atomic E-state index is 0.617. The summed E-state index contributed by atoms with van der Waals surface area (Å²) in [7, 11) is 0. The van der Waals surface area contributed by atoms with Gasteiger partial charge in [0, 0.05) is 19.6 Å². The van der Waals surface area contributed by atoms with E-state index in [2.05, 4.69) is 53.7 Å². The summed E-state index contributed by atoms with van der Waals surface area (Å²) >= 11 is 0. The molecule has 0 radical (unpaired) electrons. The van der Waals surface area contributed by atoms with Gasteiger partial charge in [0.25, 0.3) is 0 Å². The van der Waals surface area contributed by atoms with E-state index < -0.39 is 0 Å². The van der Waals surface area contributed by atoms with E-state index in [1.54, 1.807) is 0 Å². The summed E-state index contributed by atoms with van der Waals surface area (Å²) in [4.78, 5) is 4.40. The zero-order valence-electron chi connectivity index (χ0n) is 12.1. The lowest BCUT2D eigenvalue weighted by Crippen LogP contribution is -2.41. The Morgan fingerprint density at radius 1 is 1.26 bits per heavy atom. The van der Waals surface area contributed by atoms with Crippen molar-refractivity contribution < 1.29 is 0 Å². The fourth-order valence-corrected chi connectivity index (χ4v) is 2.22. The van der Waals surface area contributed by atoms with Crippen molar-refractivity contribution in [3.8, 4) is 0 Å². The van der Waals surface area contributed by atoms with Crippen molar-refractivity contribution >= 4 is 5.96 Å². The molecule has 0 atom stereocenters. The molecule has 3 heteroatoms. The zero-order chi connectivity index (χ0) is 13.5. The van der Waals surface area contributed by atoms with Gasteiger partial charge in [0.1, 0.15) is 0 Å². The maximum Gasteiger partial charge on any atom is 0.191 e. The third-order valence-electron chi connectivity index (χ3n) is 3.48. The summed E-state index contributed by atoms with van der Waals surface area (Å²) in [5, 5.41) is 6.64. The van der Waals surface area contributed by atoms with Gasteiger partial charge in [0.15, 0.2) is 5.96 Å². The largest absolute Gasteiger partial charge is 0.356 e. The van der Waals surface area contributed by atoms with Crippen LogP contribution in [0.15, 0.2) is 29.3 Å². The number of hydrogen-bond donors (Lipinski definition) is 2. The summed E-state index contributed by atoms with van der Waals surface area (Å²) in [5.41, 5.74) is 2.84. The van der Waals surface area contributed by atoms with Crippen molar-refractivity contribution in [1.82, 2.24) is 10.6 Å². The number of nitrogens with one attached hydrogen (secondary N) is 2. The maximum atomic E-state index is 4.40. The van der Waals surface area contributed by atoms with E-state index in [0.29, 0.717) is 5.92 Å². The molecule has 19 heavy (non-hydrogen) atoms. The molecular formula is C16H25N3. The average Bonchev–Trinajstić information content (AvgIpc) is 2.45. The first kappa shape index (κ1) is 13.9. The number of aryl methyl sites for hydroxylation is 1. The summed E-state index contributed by atoms with van der Waals surface area (Å²) in [6.07, 6.45) is 3.41. The minimum Gasteiger partial charge on any atom is -0.356 e. The Kier molecular flexibility index (Phi) is 5.25. The molecule has 1 aliphatic rings. The van der Waals surface area contributed by atoms with Crippen LogP contribution >= 0.6 is 0 Å². The van der Waals surface area contributed by atoms with Crippen LogP contribution in [0.4, 0.5) is 0 Å². The Morgan fingerprint density at radius 2 is 2.05 bits per heavy atom. The minimum absolute atomic E-state index is 0.617. The number of aliphatic imine (C=N–C) groups is 1. The standard InChI is InChI=1S/C16H25N3/c1-13(2)15-8-6-14(7-9-15)5-3-10-17-16-18-11-4-12-19-16/h6-9,13H,3-5,10-12H2,1-2H3,(H2,17,18,19). The molecule has 0 spiro atoms. The van der Waals surface area contributed by atoms with Crippen LogP contribution in [0.3, 0.4) is 0 Å². The molecule has 0 fully saturated rings. The second-order valence-electron chi connectivity index (χ2n) is 5.44. The molecule has 2 N–H and O–H groups in total. The maximum absolute atomic E-state index is 4.40. The van der Waals surface area contributed by atoms with Crippen LogP contribution in [0, 0.1) is 0 Å². The van der Waals surface area contributed by atoms with E-state index in [9.17, 15) is 0 Å². The van der Waals surface area contributed by atoms with Gasteiger partial charge in [-0.3, -0.25) is 4.99 Å². The van der Waals surface area contributed by atoms with Crippen molar-refractivity contribution in [3.63, 3.8) is 0 Å². The van der Waals surface area contributed by atoms with E-state index in [-0.39, 0.29) is 0 Å². The SMILES string of the molecule is CC(C)c1ccc(CCCNC2=NCCCN2)cc1. The third-order valence-corrected chi connectivity index (χ3v) is 3.48. The molecule has 0 aromatic heterocycles. The highest BCUT2D eigenvalue weighted by Crippen LogP contribution is 2.15. The van der Waals surface area contributed by atoms with Gasteiger partial charge in [-0.05, 0) is 36.3 Å². The topological polar surface area (TPSA) is 36.4 Å². The molecule has 0 unspecified atom stereocenters. The molecule has 0 saturated heterocycles. The summed E-state index contributed by atoms with van der Waals surface area (Å²) < 4.78 is 0. The predicted molar refractivity (Wildman–Crippen MR) is 81.8 cm³/mol. The molecule has 2 rings (SSSR count). The second kappa shape index (κ2) is 7.17. The van der Waals surface area contributed by atoms with Crippen LogP contribution in [0.1, 0.15) is 43.7 Å². The molecule has 1 aromatic carbocycles. The number of guanidine groups is 1. The van der Waals surface area contributed by atoms with E-state index in [4.69, 9.17) is 0 Å². The molecule has 1 aromatic rings. The van der Waals surface area contributed by atoms with Gasteiger partial charge in [-0.25, -0.2) is 0 Å². The molecular weight excluding hydrogens is 234 g/mol. The van der Waals surface area contributed by atoms with Crippen LogP contribution in [0.25, 0.3) is 0 Å². The first-order chi connectivity index (χ1) is 9.25. The Morgan fingerprint density at radius 3 is 2.68 bits per heavy atom. The fourth-order valence-electron chi connectivity index (χ4n) is 2.22. The molecule has 0 bridgehead atoms. The molecule has 0 saturated carbocycles. The molecule has 3 nitrogen and oxygen atoms in total. The highest BCUT2D eigenvalue weighted by Gasteiger charge is 2.02. The lowest BCUT2D eigenvalue weighted by atomic mass is 10.0. The van der Waals surface area contributed by atoms with Crippen LogP contribution < -0.4 is 10.6 Å². The normalized spacial score (nSPS) is 15.0. The highest BCUT2D eigenvalue weighted by atomic mass is 15.2. The summed E-state index contributed by atoms with van der Waals surface area (Å²) in [6.45, 7) is 7.44. The van der Waals surface area contributed by atoms with Gasteiger partial charge in [0.05, 0.1) is 0 Å². The predicted octanol–water partition coefficient (Wildman–Crippen LogP) is 2.68. The van der Waals surface area contributed by atoms with Crippen LogP contribution in [-0.4, -0.2) is 25.6 Å². The van der Waals surface area contributed by atoms with E-state index in [1.165, 1.54) is 11.1 Å². The van der Waals surface area contributed by atoms with E-state index >= 15 is 0 Å². The Balaban J connectivity index is 1.69. The quantitative estimate of drug-likeness (QED) is 0.798. The van der Waals surface area contributed by atoms with E-state index in [1.807, 2.05) is 0 Å². The fraction of sp³-hybridized carbons (Fsp3) is 0.562. The van der Waals surface area contributed by atoms with Gasteiger partial charge in [-0.1, -0.05) is 38.1 Å². The monoisotopic (exact) mass is 259 g/mol. The van der Waals surface area contributed by atoms with Crippen molar-refractivity contribution in [2.75, 3.05) is 19.6 Å².